The van der Waals surface area contributed by atoms with Crippen LogP contribution in [-0.4, -0.2) is 22.1 Å². The fourth-order valence-corrected chi connectivity index (χ4v) is 4.01. The molecule has 0 saturated heterocycles. The predicted molar refractivity (Wildman–Crippen MR) is 76.4 cm³/mol. The van der Waals surface area contributed by atoms with E-state index >= 15 is 0 Å². The van der Waals surface area contributed by atoms with E-state index in [1.807, 2.05) is 39.0 Å². The first kappa shape index (κ1) is 13.4. The van der Waals surface area contributed by atoms with E-state index in [-0.39, 0.29) is 22.9 Å². The maximum absolute atomic E-state index is 12.8. The van der Waals surface area contributed by atoms with Gasteiger partial charge >= 0.3 is 0 Å². The van der Waals surface area contributed by atoms with Crippen molar-refractivity contribution >= 4 is 5.78 Å². The second kappa shape index (κ2) is 3.95. The van der Waals surface area contributed by atoms with E-state index < -0.39 is 11.5 Å². The first-order valence-corrected chi connectivity index (χ1v) is 7.03. The Morgan fingerprint density at radius 2 is 1.80 bits per heavy atom. The van der Waals surface area contributed by atoms with E-state index in [4.69, 9.17) is 0 Å². The fraction of sp³-hybridized carbons (Fsp3) is 0.471. The van der Waals surface area contributed by atoms with Crippen molar-refractivity contribution in [3.63, 3.8) is 0 Å². The van der Waals surface area contributed by atoms with E-state index in [2.05, 4.69) is 0 Å². The second-order valence-corrected chi connectivity index (χ2v) is 6.68. The van der Waals surface area contributed by atoms with Crippen molar-refractivity contribution in [2.75, 3.05) is 0 Å². The quantitative estimate of drug-likeness (QED) is 0.813. The van der Waals surface area contributed by atoms with Crippen molar-refractivity contribution in [1.29, 1.82) is 0 Å². The van der Waals surface area contributed by atoms with Crippen molar-refractivity contribution in [2.24, 2.45) is 16.7 Å². The van der Waals surface area contributed by atoms with Crippen molar-refractivity contribution in [1.82, 2.24) is 0 Å². The highest BCUT2D eigenvalue weighted by Gasteiger charge is 2.67. The van der Waals surface area contributed by atoms with E-state index in [9.17, 15) is 15.0 Å². The molecule has 2 bridgehead atoms. The maximum Gasteiger partial charge on any atom is 0.193 e. The number of ketones is 1. The van der Waals surface area contributed by atoms with Gasteiger partial charge in [-0.3, -0.25) is 4.79 Å². The molecule has 0 spiro atoms. The number of Topliss-reactive ketones (excluding diaryl/α,β-unsaturated/α-hetero) is 1. The van der Waals surface area contributed by atoms with Crippen molar-refractivity contribution < 1.29 is 15.0 Å². The zero-order chi connectivity index (χ0) is 14.7. The van der Waals surface area contributed by atoms with Crippen LogP contribution in [0.15, 0.2) is 41.7 Å². The minimum atomic E-state index is -0.686. The smallest absolute Gasteiger partial charge is 0.193 e. The number of rotatable bonds is 2. The van der Waals surface area contributed by atoms with Gasteiger partial charge in [0, 0.05) is 22.5 Å². The molecule has 3 nitrogen and oxygen atoms in total. The maximum atomic E-state index is 12.8. The Morgan fingerprint density at radius 1 is 1.20 bits per heavy atom. The standard InChI is InChI=1S/C17H20O3/c1-16(2)11-9-12(18)17(16,3)13(15(11)20)14(19)10-7-5-4-6-8-10/h4-8,11-12,18,20H,9H2,1-3H3. The van der Waals surface area contributed by atoms with Gasteiger partial charge in [0.05, 0.1) is 6.10 Å². The molecule has 2 aliphatic carbocycles. The molecule has 20 heavy (non-hydrogen) atoms. The third kappa shape index (κ3) is 1.36. The lowest BCUT2D eigenvalue weighted by Gasteiger charge is -2.38. The van der Waals surface area contributed by atoms with Crippen LogP contribution in [0.25, 0.3) is 0 Å². The number of benzene rings is 1. The largest absolute Gasteiger partial charge is 0.512 e. The van der Waals surface area contributed by atoms with E-state index in [1.54, 1.807) is 12.1 Å². The minimum absolute atomic E-state index is 0.134. The molecule has 3 atom stereocenters. The molecule has 3 unspecified atom stereocenters. The van der Waals surface area contributed by atoms with Crippen LogP contribution >= 0.6 is 0 Å². The number of hydrogen-bond donors (Lipinski definition) is 2. The summed E-state index contributed by atoms with van der Waals surface area (Å²) in [5, 5.41) is 20.9. The Morgan fingerprint density at radius 3 is 2.35 bits per heavy atom. The van der Waals surface area contributed by atoms with E-state index in [0.29, 0.717) is 17.6 Å². The topological polar surface area (TPSA) is 57.5 Å². The molecule has 0 amide bonds. The summed E-state index contributed by atoms with van der Waals surface area (Å²) in [4.78, 5) is 12.8. The molecule has 1 saturated carbocycles. The van der Waals surface area contributed by atoms with Gasteiger partial charge in [-0.15, -0.1) is 0 Å². The number of carbonyl (C=O) groups excluding carboxylic acids is 1. The second-order valence-electron chi connectivity index (χ2n) is 6.68. The SMILES string of the molecule is CC1(C)C2CC(O)C1(C)C(C(=O)c1ccccc1)=C2O. The number of aliphatic hydroxyl groups is 2. The van der Waals surface area contributed by atoms with Crippen LogP contribution in [0.2, 0.25) is 0 Å². The average Bonchev–Trinajstić information content (AvgIpc) is 2.68. The Balaban J connectivity index is 2.13. The van der Waals surface area contributed by atoms with Crippen LogP contribution in [0, 0.1) is 16.7 Å². The summed E-state index contributed by atoms with van der Waals surface area (Å²) in [7, 11) is 0. The van der Waals surface area contributed by atoms with Crippen LogP contribution in [-0.2, 0) is 0 Å². The van der Waals surface area contributed by atoms with Crippen LogP contribution in [0.5, 0.6) is 0 Å². The lowest BCUT2D eigenvalue weighted by Crippen LogP contribution is -2.40. The molecular weight excluding hydrogens is 252 g/mol. The fourth-order valence-electron chi connectivity index (χ4n) is 4.01. The summed E-state index contributed by atoms with van der Waals surface area (Å²) in [5.74, 6) is -0.123. The predicted octanol–water partition coefficient (Wildman–Crippen LogP) is 3.11. The Hall–Kier alpha value is -1.61. The lowest BCUT2D eigenvalue weighted by molar-refractivity contribution is 0.0362. The summed E-state index contributed by atoms with van der Waals surface area (Å²) < 4.78 is 0. The molecule has 0 aromatic heterocycles. The van der Waals surface area contributed by atoms with Gasteiger partial charge in [-0.2, -0.15) is 0 Å². The van der Waals surface area contributed by atoms with E-state index in [1.165, 1.54) is 0 Å². The van der Waals surface area contributed by atoms with Gasteiger partial charge in [-0.05, 0) is 11.8 Å². The first-order chi connectivity index (χ1) is 9.31. The highest BCUT2D eigenvalue weighted by atomic mass is 16.3. The molecule has 0 radical (unpaired) electrons. The third-order valence-electron chi connectivity index (χ3n) is 5.70. The van der Waals surface area contributed by atoms with Crippen LogP contribution < -0.4 is 0 Å². The Labute approximate surface area is 118 Å². The summed E-state index contributed by atoms with van der Waals surface area (Å²) in [5.41, 5.74) is -0.0337. The van der Waals surface area contributed by atoms with Crippen LogP contribution in [0.1, 0.15) is 37.6 Å². The summed E-state index contributed by atoms with van der Waals surface area (Å²) in [6, 6.07) is 8.96. The zero-order valence-corrected chi connectivity index (χ0v) is 12.1. The third-order valence-corrected chi connectivity index (χ3v) is 5.70. The molecular formula is C17H20O3. The molecule has 1 aromatic rings. The Kier molecular flexibility index (Phi) is 2.64. The summed E-state index contributed by atoms with van der Waals surface area (Å²) >= 11 is 0. The number of carbonyl (C=O) groups is 1. The summed E-state index contributed by atoms with van der Waals surface area (Å²) in [6.45, 7) is 5.95. The van der Waals surface area contributed by atoms with Gasteiger partial charge in [-0.1, -0.05) is 51.1 Å². The van der Waals surface area contributed by atoms with Gasteiger partial charge in [-0.25, -0.2) is 0 Å². The van der Waals surface area contributed by atoms with Gasteiger partial charge in [0.15, 0.2) is 5.78 Å². The molecule has 2 aliphatic rings. The molecule has 0 aliphatic heterocycles. The zero-order valence-electron chi connectivity index (χ0n) is 12.1. The molecule has 3 heteroatoms. The van der Waals surface area contributed by atoms with Gasteiger partial charge in [0.25, 0.3) is 0 Å². The molecule has 2 N–H and O–H groups in total. The van der Waals surface area contributed by atoms with Crippen molar-refractivity contribution in [2.45, 2.75) is 33.3 Å². The lowest BCUT2D eigenvalue weighted by atomic mass is 9.65. The number of aliphatic hydroxyl groups excluding tert-OH is 2. The molecule has 1 aromatic carbocycles. The van der Waals surface area contributed by atoms with Crippen LogP contribution in [0.3, 0.4) is 0 Å². The monoisotopic (exact) mass is 272 g/mol. The van der Waals surface area contributed by atoms with E-state index in [0.717, 1.165) is 0 Å². The Bertz CT molecular complexity index is 600. The summed E-state index contributed by atoms with van der Waals surface area (Å²) in [6.07, 6.45) is -0.0537. The van der Waals surface area contributed by atoms with Crippen LogP contribution in [0.4, 0.5) is 0 Å². The number of allylic oxidation sites excluding steroid dienone is 1. The van der Waals surface area contributed by atoms with Crippen molar-refractivity contribution in [3.05, 3.63) is 47.2 Å². The normalized spacial score (nSPS) is 34.6. The molecule has 106 valence electrons. The number of hydrogen-bond acceptors (Lipinski definition) is 3. The first-order valence-electron chi connectivity index (χ1n) is 7.03. The highest BCUT2D eigenvalue weighted by molar-refractivity contribution is 6.10. The molecule has 1 fully saturated rings. The van der Waals surface area contributed by atoms with Gasteiger partial charge in [0.1, 0.15) is 5.76 Å². The minimum Gasteiger partial charge on any atom is -0.512 e. The van der Waals surface area contributed by atoms with Crippen molar-refractivity contribution in [3.8, 4) is 0 Å². The molecule has 3 rings (SSSR count). The van der Waals surface area contributed by atoms with Gasteiger partial charge < -0.3 is 10.2 Å². The average molecular weight is 272 g/mol. The van der Waals surface area contributed by atoms with Gasteiger partial charge in [0.2, 0.25) is 0 Å². The number of fused-ring (bicyclic) bond motifs is 2. The highest BCUT2D eigenvalue weighted by Crippen LogP contribution is 2.67. The molecule has 0 heterocycles.